The molecule has 18 heteroatoms. The van der Waals surface area contributed by atoms with Gasteiger partial charge < -0.3 is 34.4 Å². The number of halogens is 3. The number of hydrogen-bond donors (Lipinski definition) is 2. The van der Waals surface area contributed by atoms with Crippen molar-refractivity contribution in [1.29, 1.82) is 0 Å². The molecule has 1 aliphatic heterocycles. The third-order valence-corrected chi connectivity index (χ3v) is 13.8. The molecule has 0 aliphatic carbocycles. The molecule has 14 nitrogen and oxygen atoms in total. The van der Waals surface area contributed by atoms with E-state index in [1.807, 2.05) is 84.0 Å². The Morgan fingerprint density at radius 1 is 0.772 bits per heavy atom. The predicted octanol–water partition coefficient (Wildman–Crippen LogP) is 12.9. The number of aromatic nitrogens is 1. The first kappa shape index (κ1) is 64.9. The highest BCUT2D eigenvalue weighted by atomic mass is 32.2. The van der Waals surface area contributed by atoms with Crippen LogP contribution in [-0.2, 0) is 46.5 Å². The van der Waals surface area contributed by atoms with Gasteiger partial charge in [-0.2, -0.15) is 13.2 Å². The molecule has 4 aromatic carbocycles. The maximum atomic E-state index is 12.9. The summed E-state index contributed by atoms with van der Waals surface area (Å²) in [5.41, 5.74) is 2.74. The van der Waals surface area contributed by atoms with Crippen LogP contribution in [-0.4, -0.2) is 100.0 Å². The van der Waals surface area contributed by atoms with E-state index >= 15 is 0 Å². The molecule has 430 valence electrons. The van der Waals surface area contributed by atoms with Crippen LogP contribution in [0.1, 0.15) is 132 Å². The standard InChI is InChI=1S/C25H34O3.C18H27F3N2O2.C18H19N3O4S/c1-4-5-7-14-22(28-20(2)3)19-27-25-16-11-10-15-23(25)24(26)18-17-21-12-8-6-9-13-21;1-14(2)22-11-13-25-23-17(6-4-5-12-24-3)15-7-9-16(10-8-15)18(19,20)21;1-12(2)25-17-13-8-4-5-9-14(13)26(23,24)21(3)16(17)18(22)20-15-10-6-7-11-19-15/h6,8-13,15-16,20,22H,4-5,7,14,17-19H2,1-3H3;7-10,14,22H,4-6,11-13H2,1-3H3;4-12H,1-3H3,(H,19,20,22)/b;23-17-;. The smallest absolute Gasteiger partial charge is 0.416 e. The number of unbranched alkanes of at least 4 members (excludes halogenated alkanes) is 3. The number of oxime groups is 1. The number of carbonyl (C=O) groups is 2. The quantitative estimate of drug-likeness (QED) is 0.0212. The van der Waals surface area contributed by atoms with Gasteiger partial charge >= 0.3 is 6.18 Å². The third-order valence-electron chi connectivity index (χ3n) is 11.9. The zero-order valence-electron chi connectivity index (χ0n) is 47.2. The van der Waals surface area contributed by atoms with E-state index in [0.29, 0.717) is 79.2 Å². The average molecular weight is 1120 g/mol. The van der Waals surface area contributed by atoms with Crippen LogP contribution in [0.4, 0.5) is 19.0 Å². The summed E-state index contributed by atoms with van der Waals surface area (Å²) in [7, 11) is -0.891. The zero-order valence-corrected chi connectivity index (χ0v) is 48.0. The van der Waals surface area contributed by atoms with Gasteiger partial charge in [0.2, 0.25) is 0 Å². The summed E-state index contributed by atoms with van der Waals surface area (Å²) in [5, 5.41) is 9.96. The Labute approximate surface area is 466 Å². The Hall–Kier alpha value is -6.60. The number of para-hydroxylation sites is 1. The van der Waals surface area contributed by atoms with Crippen LogP contribution >= 0.6 is 0 Å². The molecule has 6 rings (SSSR count). The van der Waals surface area contributed by atoms with E-state index in [-0.39, 0.29) is 40.4 Å². The number of aryl methyl sites for hydroxylation is 1. The number of pyridine rings is 1. The lowest BCUT2D eigenvalue weighted by Gasteiger charge is -2.31. The molecular weight excluding hydrogens is 1040 g/mol. The number of fused-ring (bicyclic) bond motifs is 1. The number of benzene rings is 4. The Morgan fingerprint density at radius 2 is 1.46 bits per heavy atom. The highest BCUT2D eigenvalue weighted by Crippen LogP contribution is 2.37. The number of sulfonamides is 1. The Kier molecular flexibility index (Phi) is 27.7. The molecule has 5 aromatic rings. The van der Waals surface area contributed by atoms with Crippen molar-refractivity contribution in [2.24, 2.45) is 5.16 Å². The van der Waals surface area contributed by atoms with Gasteiger partial charge in [0.1, 0.15) is 24.8 Å². The topological polar surface area (TPSA) is 167 Å². The van der Waals surface area contributed by atoms with Gasteiger partial charge in [0.25, 0.3) is 15.9 Å². The van der Waals surface area contributed by atoms with Gasteiger partial charge in [-0.3, -0.25) is 13.9 Å². The first-order valence-corrected chi connectivity index (χ1v) is 28.4. The van der Waals surface area contributed by atoms with E-state index in [4.69, 9.17) is 23.8 Å². The first-order valence-electron chi connectivity index (χ1n) is 27.0. The zero-order chi connectivity index (χ0) is 57.8. The molecule has 0 saturated heterocycles. The molecular formula is C61H80F3N5O9S. The molecule has 0 spiro atoms. The molecule has 1 amide bonds. The van der Waals surface area contributed by atoms with Crippen molar-refractivity contribution in [2.45, 2.75) is 142 Å². The summed E-state index contributed by atoms with van der Waals surface area (Å²) in [6, 6.07) is 34.6. The van der Waals surface area contributed by atoms with Crippen molar-refractivity contribution in [3.8, 4) is 5.75 Å². The van der Waals surface area contributed by atoms with Gasteiger partial charge in [-0.25, -0.2) is 13.4 Å². The maximum Gasteiger partial charge on any atom is 0.416 e. The summed E-state index contributed by atoms with van der Waals surface area (Å²) in [6.07, 6.45) is 5.18. The number of methoxy groups -OCH3 is 1. The summed E-state index contributed by atoms with van der Waals surface area (Å²) in [4.78, 5) is 35.1. The fourth-order valence-electron chi connectivity index (χ4n) is 8.02. The van der Waals surface area contributed by atoms with Crippen molar-refractivity contribution in [2.75, 3.05) is 45.8 Å². The van der Waals surface area contributed by atoms with Crippen molar-refractivity contribution in [3.05, 3.63) is 161 Å². The van der Waals surface area contributed by atoms with E-state index in [1.54, 1.807) is 43.5 Å². The largest absolute Gasteiger partial charge is 0.490 e. The molecule has 0 bridgehead atoms. The number of anilines is 1. The number of ether oxygens (including phenoxy) is 4. The minimum atomic E-state index is -4.34. The maximum absolute atomic E-state index is 12.9. The van der Waals surface area contributed by atoms with Gasteiger partial charge in [0.05, 0.1) is 40.0 Å². The van der Waals surface area contributed by atoms with Crippen LogP contribution in [0.25, 0.3) is 5.76 Å². The molecule has 2 heterocycles. The van der Waals surface area contributed by atoms with Crippen LogP contribution in [0.5, 0.6) is 5.75 Å². The Bertz CT molecular complexity index is 2780. The SMILES string of the molecule is CC(C)OC1=C(C(=O)Nc2ccccn2)N(C)S(=O)(=O)c2ccccc21.CCCCCC(COc1ccccc1C(=O)CCc1ccccc1)OC(C)C.COCCCC/C(=N/OCCNC(C)C)c1ccc(C(F)(F)F)cc1. The number of alkyl halides is 3. The molecule has 1 aliphatic rings. The van der Waals surface area contributed by atoms with Crippen molar-refractivity contribution in [3.63, 3.8) is 0 Å². The normalized spacial score (nSPS) is 13.5. The summed E-state index contributed by atoms with van der Waals surface area (Å²) >= 11 is 0. The van der Waals surface area contributed by atoms with Crippen molar-refractivity contribution < 1.29 is 55.0 Å². The Balaban J connectivity index is 0.000000256. The molecule has 0 saturated carbocycles. The van der Waals surface area contributed by atoms with Gasteiger partial charge in [0, 0.05) is 51.5 Å². The lowest BCUT2D eigenvalue weighted by Crippen LogP contribution is -2.38. The number of ketones is 1. The molecule has 79 heavy (non-hydrogen) atoms. The van der Waals surface area contributed by atoms with Crippen LogP contribution in [0.3, 0.4) is 0 Å². The number of amides is 1. The Morgan fingerprint density at radius 3 is 2.10 bits per heavy atom. The second-order valence-corrected chi connectivity index (χ2v) is 21.4. The summed E-state index contributed by atoms with van der Waals surface area (Å²) < 4.78 is 87.6. The predicted molar refractivity (Wildman–Crippen MR) is 305 cm³/mol. The third kappa shape index (κ3) is 22.2. The van der Waals surface area contributed by atoms with E-state index in [1.165, 1.54) is 49.8 Å². The molecule has 1 atom stereocenters. The van der Waals surface area contributed by atoms with Crippen LogP contribution < -0.4 is 15.4 Å². The van der Waals surface area contributed by atoms with Crippen molar-refractivity contribution in [1.82, 2.24) is 14.6 Å². The summed E-state index contributed by atoms with van der Waals surface area (Å²) in [5.74, 6) is 0.708. The fraction of sp³-hybridized carbons (Fsp3) is 0.443. The lowest BCUT2D eigenvalue weighted by atomic mass is 10.0. The minimum absolute atomic E-state index is 0.0547. The minimum Gasteiger partial charge on any atom is -0.490 e. The number of nitrogens with one attached hydrogen (secondary N) is 2. The second-order valence-electron chi connectivity index (χ2n) is 19.5. The average Bonchev–Trinajstić information content (AvgIpc) is 3.62. The van der Waals surface area contributed by atoms with Gasteiger partial charge in [-0.15, -0.1) is 0 Å². The number of Topliss-reactive ketones (excluding diaryl/α,β-unsaturated/α-hetero) is 1. The van der Waals surface area contributed by atoms with Crippen LogP contribution in [0, 0.1) is 0 Å². The summed E-state index contributed by atoms with van der Waals surface area (Å²) in [6.45, 7) is 16.2. The van der Waals surface area contributed by atoms with Gasteiger partial charge in [-0.05, 0) is 119 Å². The molecule has 0 fully saturated rings. The number of nitrogens with zero attached hydrogens (tertiary/aromatic N) is 3. The van der Waals surface area contributed by atoms with Gasteiger partial charge in [0.15, 0.2) is 17.2 Å². The van der Waals surface area contributed by atoms with E-state index in [0.717, 1.165) is 48.5 Å². The number of likely N-dealkylation sites (N-methyl/N-ethyl adjacent to an activating group) is 1. The molecule has 1 aromatic heterocycles. The highest BCUT2D eigenvalue weighted by Gasteiger charge is 2.39. The highest BCUT2D eigenvalue weighted by molar-refractivity contribution is 7.89. The first-order chi connectivity index (χ1) is 37.8. The monoisotopic (exact) mass is 1120 g/mol. The van der Waals surface area contributed by atoms with E-state index in [2.05, 4.69) is 39.8 Å². The van der Waals surface area contributed by atoms with Crippen LogP contribution in [0.15, 0.2) is 143 Å². The molecule has 0 radical (unpaired) electrons. The number of hydrogen-bond acceptors (Lipinski definition) is 12. The van der Waals surface area contributed by atoms with Gasteiger partial charge in [-0.1, -0.05) is 118 Å². The fourth-order valence-corrected chi connectivity index (χ4v) is 9.41. The molecule has 1 unspecified atom stereocenters. The molecule has 2 N–H and O–H groups in total. The van der Waals surface area contributed by atoms with E-state index in [9.17, 15) is 31.2 Å². The second kappa shape index (κ2) is 33.7. The lowest BCUT2D eigenvalue weighted by molar-refractivity contribution is -0.137. The van der Waals surface area contributed by atoms with Crippen LogP contribution in [0.2, 0.25) is 0 Å². The number of carbonyl (C=O) groups excluding carboxylic acids is 2. The van der Waals surface area contributed by atoms with E-state index < -0.39 is 27.7 Å². The number of rotatable bonds is 28. The van der Waals surface area contributed by atoms with Crippen molar-refractivity contribution >= 4 is 39.0 Å².